The van der Waals surface area contributed by atoms with E-state index in [1.807, 2.05) is 6.20 Å². The first-order valence-corrected chi connectivity index (χ1v) is 9.22. The first-order chi connectivity index (χ1) is 9.98. The van der Waals surface area contributed by atoms with Crippen molar-refractivity contribution in [2.45, 2.75) is 72.4 Å². The van der Waals surface area contributed by atoms with Gasteiger partial charge in [-0.3, -0.25) is 4.68 Å². The van der Waals surface area contributed by atoms with Crippen LogP contribution in [-0.4, -0.2) is 16.3 Å². The first-order valence-electron chi connectivity index (χ1n) is 8.43. The molecule has 1 unspecified atom stereocenters. The van der Waals surface area contributed by atoms with Crippen LogP contribution in [0.2, 0.25) is 0 Å². The Morgan fingerprint density at radius 1 is 1.38 bits per heavy atom. The Balaban J connectivity index is 2.21. The van der Waals surface area contributed by atoms with Crippen molar-refractivity contribution in [3.8, 4) is 0 Å². The van der Waals surface area contributed by atoms with E-state index in [9.17, 15) is 0 Å². The van der Waals surface area contributed by atoms with Crippen LogP contribution in [-0.2, 0) is 6.54 Å². The molecule has 1 fully saturated rings. The van der Waals surface area contributed by atoms with Crippen LogP contribution in [0.1, 0.15) is 71.5 Å². The summed E-state index contributed by atoms with van der Waals surface area (Å²) in [5.41, 5.74) is 1.87. The topological polar surface area (TPSA) is 29.9 Å². The van der Waals surface area contributed by atoms with Crippen molar-refractivity contribution >= 4 is 15.9 Å². The minimum absolute atomic E-state index is 0.425. The molecule has 3 nitrogen and oxygen atoms in total. The lowest BCUT2D eigenvalue weighted by molar-refractivity contribution is 0.158. The third kappa shape index (κ3) is 4.10. The van der Waals surface area contributed by atoms with Gasteiger partial charge in [0.15, 0.2) is 0 Å². The number of nitrogens with zero attached hydrogens (tertiary/aromatic N) is 2. The second kappa shape index (κ2) is 7.28. The second-order valence-electron chi connectivity index (χ2n) is 7.14. The zero-order valence-corrected chi connectivity index (χ0v) is 15.5. The molecule has 1 aromatic rings. The van der Waals surface area contributed by atoms with Gasteiger partial charge in [-0.2, -0.15) is 5.10 Å². The van der Waals surface area contributed by atoms with Crippen molar-refractivity contribution in [1.82, 2.24) is 15.1 Å². The maximum atomic E-state index is 4.56. The molecule has 1 N–H and O–H groups in total. The maximum Gasteiger partial charge on any atom is 0.0698 e. The normalized spacial score (nSPS) is 20.6. The minimum Gasteiger partial charge on any atom is -0.309 e. The quantitative estimate of drug-likeness (QED) is 0.784. The van der Waals surface area contributed by atoms with Gasteiger partial charge in [-0.1, -0.05) is 27.7 Å². The SMILES string of the molecule is CCCn1ncc(Br)c1C(NCC)C1CCC(C)(C)CC1. The van der Waals surface area contributed by atoms with Gasteiger partial charge in [0.2, 0.25) is 0 Å². The summed E-state index contributed by atoms with van der Waals surface area (Å²) < 4.78 is 3.35. The monoisotopic (exact) mass is 355 g/mol. The van der Waals surface area contributed by atoms with Crippen LogP contribution in [0.3, 0.4) is 0 Å². The Morgan fingerprint density at radius 3 is 2.62 bits per heavy atom. The molecule has 1 aromatic heterocycles. The molecule has 1 atom stereocenters. The molecule has 0 spiro atoms. The Kier molecular flexibility index (Phi) is 5.89. The third-order valence-corrected chi connectivity index (χ3v) is 5.45. The molecule has 1 aliphatic carbocycles. The van der Waals surface area contributed by atoms with Gasteiger partial charge in [-0.05, 0) is 65.9 Å². The highest BCUT2D eigenvalue weighted by atomic mass is 79.9. The van der Waals surface area contributed by atoms with Crippen LogP contribution < -0.4 is 5.32 Å². The van der Waals surface area contributed by atoms with E-state index in [2.05, 4.69) is 58.7 Å². The fourth-order valence-corrected chi connectivity index (χ4v) is 4.08. The average molecular weight is 356 g/mol. The molecule has 1 aliphatic rings. The van der Waals surface area contributed by atoms with Crippen LogP contribution in [0.5, 0.6) is 0 Å². The zero-order valence-electron chi connectivity index (χ0n) is 14.0. The van der Waals surface area contributed by atoms with Crippen LogP contribution in [0.4, 0.5) is 0 Å². The van der Waals surface area contributed by atoms with Crippen LogP contribution in [0, 0.1) is 11.3 Å². The summed E-state index contributed by atoms with van der Waals surface area (Å²) in [4.78, 5) is 0. The van der Waals surface area contributed by atoms with Gasteiger partial charge in [-0.15, -0.1) is 0 Å². The van der Waals surface area contributed by atoms with E-state index in [-0.39, 0.29) is 0 Å². The van der Waals surface area contributed by atoms with Gasteiger partial charge in [-0.25, -0.2) is 0 Å². The highest BCUT2D eigenvalue weighted by molar-refractivity contribution is 9.10. The molecule has 0 aliphatic heterocycles. The predicted molar refractivity (Wildman–Crippen MR) is 92.4 cm³/mol. The van der Waals surface area contributed by atoms with E-state index in [4.69, 9.17) is 0 Å². The molecule has 120 valence electrons. The van der Waals surface area contributed by atoms with Crippen LogP contribution >= 0.6 is 15.9 Å². The Morgan fingerprint density at radius 2 is 2.05 bits per heavy atom. The zero-order chi connectivity index (χ0) is 15.5. The molecule has 1 heterocycles. The Labute approximate surface area is 138 Å². The van der Waals surface area contributed by atoms with Crippen molar-refractivity contribution in [3.05, 3.63) is 16.4 Å². The number of rotatable bonds is 6. The fraction of sp³-hybridized carbons (Fsp3) is 0.824. The van der Waals surface area contributed by atoms with Crippen molar-refractivity contribution in [2.24, 2.45) is 11.3 Å². The van der Waals surface area contributed by atoms with Gasteiger partial charge < -0.3 is 5.32 Å². The molecule has 0 aromatic carbocycles. The standard InChI is InChI=1S/C17H30BrN3/c1-5-11-21-16(14(18)12-20-21)15(19-6-2)13-7-9-17(3,4)10-8-13/h12-13,15,19H,5-11H2,1-4H3. The van der Waals surface area contributed by atoms with Gasteiger partial charge >= 0.3 is 0 Å². The summed E-state index contributed by atoms with van der Waals surface area (Å²) in [5, 5.41) is 8.29. The number of halogens is 1. The van der Waals surface area contributed by atoms with E-state index in [0.29, 0.717) is 11.5 Å². The third-order valence-electron chi connectivity index (χ3n) is 4.84. The lowest BCUT2D eigenvalue weighted by Gasteiger charge is -2.38. The van der Waals surface area contributed by atoms with Gasteiger partial charge in [0.25, 0.3) is 0 Å². The highest BCUT2D eigenvalue weighted by Crippen LogP contribution is 2.43. The predicted octanol–water partition coefficient (Wildman–Crippen LogP) is 4.92. The Bertz CT molecular complexity index is 443. The molecule has 21 heavy (non-hydrogen) atoms. The Hall–Kier alpha value is -0.350. The lowest BCUT2D eigenvalue weighted by Crippen LogP contribution is -2.34. The molecule has 1 saturated carbocycles. The maximum absolute atomic E-state index is 4.56. The van der Waals surface area contributed by atoms with Gasteiger partial charge in [0.1, 0.15) is 0 Å². The largest absolute Gasteiger partial charge is 0.309 e. The minimum atomic E-state index is 0.425. The highest BCUT2D eigenvalue weighted by Gasteiger charge is 2.34. The van der Waals surface area contributed by atoms with E-state index in [1.165, 1.54) is 31.4 Å². The molecule has 0 amide bonds. The summed E-state index contributed by atoms with van der Waals surface area (Å²) >= 11 is 3.72. The molecule has 0 bridgehead atoms. The van der Waals surface area contributed by atoms with Crippen LogP contribution in [0.15, 0.2) is 10.7 Å². The number of aromatic nitrogens is 2. The molecule has 0 saturated heterocycles. The van der Waals surface area contributed by atoms with Crippen molar-refractivity contribution in [2.75, 3.05) is 6.54 Å². The number of hydrogen-bond donors (Lipinski definition) is 1. The summed E-state index contributed by atoms with van der Waals surface area (Å²) in [6.07, 6.45) is 8.38. The smallest absolute Gasteiger partial charge is 0.0698 e. The molecule has 2 rings (SSSR count). The number of hydrogen-bond acceptors (Lipinski definition) is 2. The van der Waals surface area contributed by atoms with E-state index < -0.39 is 0 Å². The fourth-order valence-electron chi connectivity index (χ4n) is 3.53. The van der Waals surface area contributed by atoms with E-state index in [1.54, 1.807) is 0 Å². The first kappa shape index (κ1) is 17.0. The number of aryl methyl sites for hydroxylation is 1. The summed E-state index contributed by atoms with van der Waals surface area (Å²) in [6.45, 7) is 11.2. The van der Waals surface area contributed by atoms with Crippen molar-refractivity contribution in [1.29, 1.82) is 0 Å². The molecule has 4 heteroatoms. The summed E-state index contributed by atoms with van der Waals surface area (Å²) in [5.74, 6) is 0.724. The van der Waals surface area contributed by atoms with E-state index in [0.717, 1.165) is 29.9 Å². The molecular weight excluding hydrogens is 326 g/mol. The summed E-state index contributed by atoms with van der Waals surface area (Å²) in [7, 11) is 0. The van der Waals surface area contributed by atoms with Crippen molar-refractivity contribution in [3.63, 3.8) is 0 Å². The summed E-state index contributed by atoms with van der Waals surface area (Å²) in [6, 6.07) is 0.425. The van der Waals surface area contributed by atoms with Crippen molar-refractivity contribution < 1.29 is 0 Å². The molecule has 0 radical (unpaired) electrons. The van der Waals surface area contributed by atoms with Gasteiger partial charge in [0.05, 0.1) is 22.4 Å². The molecular formula is C17H30BrN3. The van der Waals surface area contributed by atoms with E-state index >= 15 is 0 Å². The average Bonchev–Trinajstić information content (AvgIpc) is 2.78. The van der Waals surface area contributed by atoms with Crippen LogP contribution in [0.25, 0.3) is 0 Å². The van der Waals surface area contributed by atoms with Gasteiger partial charge in [0, 0.05) is 6.54 Å². The lowest BCUT2D eigenvalue weighted by atomic mass is 9.70. The second-order valence-corrected chi connectivity index (χ2v) is 7.99. The number of nitrogens with one attached hydrogen (secondary N) is 1.